The van der Waals surface area contributed by atoms with Crippen LogP contribution in [0.2, 0.25) is 0 Å². The molecule has 0 aliphatic rings. The van der Waals surface area contributed by atoms with Crippen LogP contribution < -0.4 is 22.9 Å². The average Bonchev–Trinajstić information content (AvgIpc) is 2.82. The monoisotopic (exact) mass is 530 g/mol. The number of amides is 3. The molecule has 36 heavy (non-hydrogen) atoms. The Hall–Kier alpha value is -4.63. The van der Waals surface area contributed by atoms with E-state index < -0.39 is 27.6 Å². The molecule has 0 atom stereocenters. The van der Waals surface area contributed by atoms with E-state index in [2.05, 4.69) is 0 Å². The molecule has 15 heteroatoms. The number of nitrogens with zero attached hydrogens (tertiary/aromatic N) is 2. The Labute approximate surface area is 210 Å². The van der Waals surface area contributed by atoms with E-state index in [9.17, 15) is 34.6 Å². The first kappa shape index (κ1) is 27.6. The van der Waals surface area contributed by atoms with Crippen LogP contribution in [0.15, 0.2) is 70.5 Å². The molecule has 13 nitrogen and oxygen atoms in total. The lowest BCUT2D eigenvalue weighted by Crippen LogP contribution is -2.13. The number of nitrogens with two attached hydrogens (primary N) is 4. The molecule has 0 aliphatic carbocycles. The first-order valence-corrected chi connectivity index (χ1v) is 11.7. The molecule has 3 aromatic rings. The summed E-state index contributed by atoms with van der Waals surface area (Å²) in [5.74, 6) is -2.15. The molecular formula is C21H18N6O7S2. The molecule has 0 fully saturated rings. The van der Waals surface area contributed by atoms with Crippen molar-refractivity contribution in [3.63, 3.8) is 0 Å². The van der Waals surface area contributed by atoms with Gasteiger partial charge >= 0.3 is 0 Å². The molecule has 0 saturated carbocycles. The summed E-state index contributed by atoms with van der Waals surface area (Å²) in [5.41, 5.74) is 21.2. The molecule has 3 rings (SSSR count). The normalized spacial score (nSPS) is 10.0. The van der Waals surface area contributed by atoms with Crippen LogP contribution in [0.1, 0.15) is 31.1 Å². The number of hydrogen-bond acceptors (Lipinski definition) is 10. The minimum absolute atomic E-state index is 0.0563. The molecule has 0 spiro atoms. The molecule has 8 N–H and O–H groups in total. The number of nitro groups is 2. The number of primary amides is 3. The maximum Gasteiger partial charge on any atom is 0.270 e. The lowest BCUT2D eigenvalue weighted by Gasteiger charge is -2.08. The van der Waals surface area contributed by atoms with Gasteiger partial charge in [-0.25, -0.2) is 0 Å². The van der Waals surface area contributed by atoms with E-state index in [1.807, 2.05) is 0 Å². The van der Waals surface area contributed by atoms with Crippen LogP contribution in [0.4, 0.5) is 17.1 Å². The van der Waals surface area contributed by atoms with Crippen LogP contribution in [-0.4, -0.2) is 27.6 Å². The molecule has 3 amide bonds. The van der Waals surface area contributed by atoms with Crippen molar-refractivity contribution in [1.82, 2.24) is 0 Å². The molecule has 0 heterocycles. The summed E-state index contributed by atoms with van der Waals surface area (Å²) in [6, 6.07) is 13.8. The van der Waals surface area contributed by atoms with Crippen molar-refractivity contribution in [3.05, 3.63) is 97.6 Å². The Morgan fingerprint density at radius 2 is 1.11 bits per heavy atom. The van der Waals surface area contributed by atoms with Crippen LogP contribution in [-0.2, 0) is 0 Å². The van der Waals surface area contributed by atoms with Gasteiger partial charge in [0.05, 0.1) is 21.0 Å². The summed E-state index contributed by atoms with van der Waals surface area (Å²) in [5, 5.41) is 21.6. The van der Waals surface area contributed by atoms with Crippen molar-refractivity contribution in [2.75, 3.05) is 5.73 Å². The Bertz CT molecular complexity index is 1290. The highest BCUT2D eigenvalue weighted by Crippen LogP contribution is 2.41. The number of carbonyl (C=O) groups is 3. The molecule has 186 valence electrons. The van der Waals surface area contributed by atoms with Gasteiger partial charge in [0, 0.05) is 45.3 Å². The van der Waals surface area contributed by atoms with Gasteiger partial charge in [-0.3, -0.25) is 34.6 Å². The molecule has 0 aliphatic heterocycles. The molecular weight excluding hydrogens is 512 g/mol. The van der Waals surface area contributed by atoms with Gasteiger partial charge in [-0.2, -0.15) is 0 Å². The number of rotatable bonds is 8. The Morgan fingerprint density at radius 3 is 1.42 bits per heavy atom. The maximum absolute atomic E-state index is 11.5. The maximum atomic E-state index is 11.5. The van der Waals surface area contributed by atoms with Crippen LogP contribution in [0.25, 0.3) is 0 Å². The van der Waals surface area contributed by atoms with Crippen molar-refractivity contribution in [2.45, 2.75) is 9.79 Å². The molecule has 0 saturated heterocycles. The van der Waals surface area contributed by atoms with Crippen molar-refractivity contribution in [2.24, 2.45) is 17.2 Å². The van der Waals surface area contributed by atoms with Crippen LogP contribution in [0.3, 0.4) is 0 Å². The Balaban J connectivity index is 0.000000380. The van der Waals surface area contributed by atoms with Gasteiger partial charge in [0.1, 0.15) is 0 Å². The van der Waals surface area contributed by atoms with Crippen molar-refractivity contribution in [3.8, 4) is 0 Å². The zero-order valence-corrected chi connectivity index (χ0v) is 19.8. The number of anilines is 1. The van der Waals surface area contributed by atoms with Gasteiger partial charge < -0.3 is 22.9 Å². The van der Waals surface area contributed by atoms with Gasteiger partial charge in [-0.05, 0) is 30.3 Å². The number of nitrogen functional groups attached to an aromatic ring is 1. The zero-order chi connectivity index (χ0) is 27.0. The van der Waals surface area contributed by atoms with Gasteiger partial charge in [-0.15, -0.1) is 0 Å². The molecule has 3 aromatic carbocycles. The van der Waals surface area contributed by atoms with Gasteiger partial charge in [0.2, 0.25) is 17.7 Å². The SMILES string of the molecule is NC(=O)c1cc([N+](=O)[O-])ccc1SSc1ccc([N+](=O)[O-])cc1C(N)=O.NC(=O)c1cccc(N)c1. The first-order valence-electron chi connectivity index (χ1n) is 9.57. The van der Waals surface area contributed by atoms with E-state index in [1.54, 1.807) is 24.3 Å². The average molecular weight is 531 g/mol. The highest BCUT2D eigenvalue weighted by Gasteiger charge is 2.18. The fourth-order valence-electron chi connectivity index (χ4n) is 2.58. The summed E-state index contributed by atoms with van der Waals surface area (Å²) in [4.78, 5) is 54.6. The second-order valence-corrected chi connectivity index (χ2v) is 8.97. The fourth-order valence-corrected chi connectivity index (χ4v) is 4.91. The third-order valence-electron chi connectivity index (χ3n) is 4.27. The van der Waals surface area contributed by atoms with Crippen LogP contribution in [0.5, 0.6) is 0 Å². The van der Waals surface area contributed by atoms with Gasteiger partial charge in [-0.1, -0.05) is 27.7 Å². The Morgan fingerprint density at radius 1 is 0.667 bits per heavy atom. The van der Waals surface area contributed by atoms with Crippen molar-refractivity contribution >= 4 is 56.4 Å². The minimum atomic E-state index is -0.851. The first-order chi connectivity index (χ1) is 16.9. The number of benzene rings is 3. The number of nitro benzene ring substituents is 2. The quantitative estimate of drug-likeness (QED) is 0.143. The van der Waals surface area contributed by atoms with Crippen LogP contribution >= 0.6 is 21.6 Å². The lowest BCUT2D eigenvalue weighted by molar-refractivity contribution is -0.385. The zero-order valence-electron chi connectivity index (χ0n) is 18.2. The molecule has 0 radical (unpaired) electrons. The third-order valence-corrected chi connectivity index (χ3v) is 6.75. The summed E-state index contributed by atoms with van der Waals surface area (Å²) in [6.45, 7) is 0. The van der Waals surface area contributed by atoms with E-state index in [-0.39, 0.29) is 22.5 Å². The highest BCUT2D eigenvalue weighted by molar-refractivity contribution is 8.76. The van der Waals surface area contributed by atoms with E-state index >= 15 is 0 Å². The van der Waals surface area contributed by atoms with E-state index in [0.29, 0.717) is 21.0 Å². The summed E-state index contributed by atoms with van der Waals surface area (Å²) < 4.78 is 0. The van der Waals surface area contributed by atoms with Crippen molar-refractivity contribution in [1.29, 1.82) is 0 Å². The largest absolute Gasteiger partial charge is 0.399 e. The van der Waals surface area contributed by atoms with E-state index in [0.717, 1.165) is 33.7 Å². The highest BCUT2D eigenvalue weighted by atomic mass is 33.1. The lowest BCUT2D eigenvalue weighted by atomic mass is 10.2. The second kappa shape index (κ2) is 12.2. The van der Waals surface area contributed by atoms with Gasteiger partial charge in [0.15, 0.2) is 0 Å². The predicted molar refractivity (Wildman–Crippen MR) is 134 cm³/mol. The van der Waals surface area contributed by atoms with E-state index in [4.69, 9.17) is 22.9 Å². The molecule has 0 aromatic heterocycles. The minimum Gasteiger partial charge on any atom is -0.399 e. The van der Waals surface area contributed by atoms with Gasteiger partial charge in [0.25, 0.3) is 11.4 Å². The summed E-state index contributed by atoms with van der Waals surface area (Å²) in [7, 11) is 2.02. The van der Waals surface area contributed by atoms with E-state index in [1.165, 1.54) is 24.3 Å². The number of hydrogen-bond donors (Lipinski definition) is 4. The van der Waals surface area contributed by atoms with Crippen molar-refractivity contribution < 1.29 is 24.2 Å². The smallest absolute Gasteiger partial charge is 0.270 e. The third kappa shape index (κ3) is 7.44. The predicted octanol–water partition coefficient (Wildman–Crippen LogP) is 2.87. The molecule has 0 bridgehead atoms. The second-order valence-electron chi connectivity index (χ2n) is 6.76. The number of non-ortho nitro benzene ring substituents is 2. The Kier molecular flexibility index (Phi) is 9.35. The standard InChI is InChI=1S/C14H10N4O6S2.C7H8N2O/c15-13(19)9-5-7(17(21)22)1-3-11(9)25-26-12-4-2-8(18(23)24)6-10(12)14(16)20;8-6-3-1-2-5(4-6)7(9)10/h1-6H,(H2,15,19)(H2,16,20);1-4H,8H2,(H2,9,10). The topological polar surface area (TPSA) is 242 Å². The summed E-state index contributed by atoms with van der Waals surface area (Å²) in [6.07, 6.45) is 0. The fraction of sp³-hybridized carbons (Fsp3) is 0. The molecule has 0 unspecified atom stereocenters. The van der Waals surface area contributed by atoms with Crippen LogP contribution in [0, 0.1) is 20.2 Å². The number of carbonyl (C=O) groups excluding carboxylic acids is 3. The summed E-state index contributed by atoms with van der Waals surface area (Å²) >= 11 is 0.